The molecule has 3 atom stereocenters. The van der Waals surface area contributed by atoms with Gasteiger partial charge in [0, 0.05) is 6.54 Å². The van der Waals surface area contributed by atoms with E-state index in [0.717, 1.165) is 18.9 Å². The van der Waals surface area contributed by atoms with Crippen LogP contribution in [0.2, 0.25) is 0 Å². The molecule has 0 aromatic rings. The first-order valence-corrected chi connectivity index (χ1v) is 8.84. The Labute approximate surface area is 130 Å². The highest BCUT2D eigenvalue weighted by molar-refractivity contribution is 4.74. The topological polar surface area (TPSA) is 44.7 Å². The van der Waals surface area contributed by atoms with Gasteiger partial charge in [0.2, 0.25) is 0 Å². The second-order valence-corrected chi connectivity index (χ2v) is 7.19. The molecule has 0 aromatic carbocycles. The maximum atomic E-state index is 10.0. The summed E-state index contributed by atoms with van der Waals surface area (Å²) in [5, 5.41) is 13.5. The molecule has 4 nitrogen and oxygen atoms in total. The third-order valence-corrected chi connectivity index (χ3v) is 5.19. The van der Waals surface area contributed by atoms with Crippen molar-refractivity contribution in [3.05, 3.63) is 0 Å². The second-order valence-electron chi connectivity index (χ2n) is 7.19. The van der Waals surface area contributed by atoms with E-state index < -0.39 is 0 Å². The van der Waals surface area contributed by atoms with E-state index in [1.807, 2.05) is 0 Å². The lowest BCUT2D eigenvalue weighted by atomic mass is 9.88. The Balaban J connectivity index is 1.52. The fourth-order valence-electron chi connectivity index (χ4n) is 3.54. The summed E-state index contributed by atoms with van der Waals surface area (Å²) in [6.07, 6.45) is 7.59. The number of aliphatic hydroxyl groups excluding tert-OH is 1. The Morgan fingerprint density at radius 2 is 1.90 bits per heavy atom. The van der Waals surface area contributed by atoms with Crippen molar-refractivity contribution >= 4 is 0 Å². The van der Waals surface area contributed by atoms with Crippen molar-refractivity contribution < 1.29 is 9.84 Å². The van der Waals surface area contributed by atoms with E-state index in [4.69, 9.17) is 4.74 Å². The van der Waals surface area contributed by atoms with Crippen molar-refractivity contribution in [2.75, 3.05) is 39.8 Å². The van der Waals surface area contributed by atoms with Crippen molar-refractivity contribution in [3.63, 3.8) is 0 Å². The normalized spacial score (nSPS) is 30.4. The largest absolute Gasteiger partial charge is 0.389 e. The van der Waals surface area contributed by atoms with Gasteiger partial charge in [-0.3, -0.25) is 0 Å². The first-order valence-electron chi connectivity index (χ1n) is 8.84. The fourth-order valence-corrected chi connectivity index (χ4v) is 3.54. The van der Waals surface area contributed by atoms with Gasteiger partial charge in [-0.25, -0.2) is 0 Å². The first kappa shape index (κ1) is 17.2. The van der Waals surface area contributed by atoms with E-state index in [2.05, 4.69) is 24.2 Å². The highest BCUT2D eigenvalue weighted by Gasteiger charge is 2.22. The Hall–Kier alpha value is -0.160. The minimum Gasteiger partial charge on any atom is -0.389 e. The summed E-state index contributed by atoms with van der Waals surface area (Å²) < 4.78 is 5.92. The number of aliphatic hydroxyl groups is 1. The number of ether oxygens (including phenoxy) is 1. The SMILES string of the molecule is CC1CCCCC1OCC(O)CNCC1CCN(C)CC1. The number of hydrogen-bond acceptors (Lipinski definition) is 4. The Morgan fingerprint density at radius 3 is 2.62 bits per heavy atom. The third kappa shape index (κ3) is 6.23. The average molecular weight is 298 g/mol. The van der Waals surface area contributed by atoms with Crippen LogP contribution in [0.25, 0.3) is 0 Å². The van der Waals surface area contributed by atoms with Gasteiger partial charge < -0.3 is 20.1 Å². The number of hydrogen-bond donors (Lipinski definition) is 2. The van der Waals surface area contributed by atoms with Gasteiger partial charge in [-0.1, -0.05) is 19.8 Å². The van der Waals surface area contributed by atoms with Crippen molar-refractivity contribution in [1.29, 1.82) is 0 Å². The standard InChI is InChI=1S/C17H34N2O2/c1-14-5-3-4-6-17(14)21-13-16(20)12-18-11-15-7-9-19(2)10-8-15/h14-18,20H,3-13H2,1-2H3. The number of piperidine rings is 1. The lowest BCUT2D eigenvalue weighted by Gasteiger charge is -2.30. The van der Waals surface area contributed by atoms with E-state index >= 15 is 0 Å². The third-order valence-electron chi connectivity index (χ3n) is 5.19. The summed E-state index contributed by atoms with van der Waals surface area (Å²) >= 11 is 0. The van der Waals surface area contributed by atoms with Crippen molar-refractivity contribution in [2.24, 2.45) is 11.8 Å². The predicted octanol–water partition coefficient (Wildman–Crippen LogP) is 1.87. The van der Waals surface area contributed by atoms with E-state index in [1.54, 1.807) is 0 Å². The van der Waals surface area contributed by atoms with E-state index in [1.165, 1.54) is 45.2 Å². The Kier molecular flexibility index (Phi) is 7.44. The highest BCUT2D eigenvalue weighted by atomic mass is 16.5. The summed E-state index contributed by atoms with van der Waals surface area (Å²) in [4.78, 5) is 2.39. The van der Waals surface area contributed by atoms with Crippen molar-refractivity contribution in [2.45, 2.75) is 57.7 Å². The summed E-state index contributed by atoms with van der Waals surface area (Å²) in [6, 6.07) is 0. The molecule has 0 amide bonds. The van der Waals surface area contributed by atoms with Crippen molar-refractivity contribution in [1.82, 2.24) is 10.2 Å². The van der Waals surface area contributed by atoms with Crippen LogP contribution in [0.5, 0.6) is 0 Å². The van der Waals surface area contributed by atoms with Crippen LogP contribution in [-0.4, -0.2) is 62.0 Å². The molecular weight excluding hydrogens is 264 g/mol. The molecule has 2 rings (SSSR count). The van der Waals surface area contributed by atoms with Crippen LogP contribution in [0.15, 0.2) is 0 Å². The minimum absolute atomic E-state index is 0.363. The van der Waals surface area contributed by atoms with Gasteiger partial charge in [0.15, 0.2) is 0 Å². The molecule has 0 bridgehead atoms. The molecule has 1 saturated heterocycles. The van der Waals surface area contributed by atoms with Gasteiger partial charge in [0.05, 0.1) is 18.8 Å². The van der Waals surface area contributed by atoms with Gasteiger partial charge in [-0.05, 0) is 64.2 Å². The summed E-state index contributed by atoms with van der Waals surface area (Å²) in [5.74, 6) is 1.42. The van der Waals surface area contributed by atoms with Crippen LogP contribution in [0.1, 0.15) is 45.4 Å². The zero-order valence-corrected chi connectivity index (χ0v) is 13.9. The number of nitrogens with one attached hydrogen (secondary N) is 1. The van der Waals surface area contributed by atoms with Crippen LogP contribution < -0.4 is 5.32 Å². The summed E-state index contributed by atoms with van der Waals surface area (Å²) in [5.41, 5.74) is 0. The van der Waals surface area contributed by atoms with E-state index in [0.29, 0.717) is 25.2 Å². The molecule has 2 fully saturated rings. The number of rotatable bonds is 7. The highest BCUT2D eigenvalue weighted by Crippen LogP contribution is 2.26. The Bertz CT molecular complexity index is 280. The molecule has 2 aliphatic rings. The van der Waals surface area contributed by atoms with Gasteiger partial charge in [-0.15, -0.1) is 0 Å². The molecule has 1 saturated carbocycles. The number of nitrogens with zero attached hydrogens (tertiary/aromatic N) is 1. The molecule has 0 aromatic heterocycles. The Morgan fingerprint density at radius 1 is 1.19 bits per heavy atom. The zero-order chi connectivity index (χ0) is 15.1. The van der Waals surface area contributed by atoms with Crippen LogP contribution in [0.4, 0.5) is 0 Å². The lowest BCUT2D eigenvalue weighted by molar-refractivity contribution is -0.0453. The first-order chi connectivity index (χ1) is 10.1. The minimum atomic E-state index is -0.370. The predicted molar refractivity (Wildman–Crippen MR) is 86.5 cm³/mol. The molecule has 2 N–H and O–H groups in total. The monoisotopic (exact) mass is 298 g/mol. The van der Waals surface area contributed by atoms with E-state index in [9.17, 15) is 5.11 Å². The van der Waals surface area contributed by atoms with Gasteiger partial charge >= 0.3 is 0 Å². The van der Waals surface area contributed by atoms with Crippen molar-refractivity contribution in [3.8, 4) is 0 Å². The summed E-state index contributed by atoms with van der Waals surface area (Å²) in [6.45, 7) is 6.86. The van der Waals surface area contributed by atoms with Gasteiger partial charge in [0.1, 0.15) is 0 Å². The molecule has 0 radical (unpaired) electrons. The zero-order valence-electron chi connectivity index (χ0n) is 13.9. The molecule has 0 spiro atoms. The molecule has 124 valence electrons. The molecule has 1 heterocycles. The average Bonchev–Trinajstić information content (AvgIpc) is 2.48. The quantitative estimate of drug-likeness (QED) is 0.753. The maximum absolute atomic E-state index is 10.0. The van der Waals surface area contributed by atoms with Gasteiger partial charge in [-0.2, -0.15) is 0 Å². The molecule has 21 heavy (non-hydrogen) atoms. The maximum Gasteiger partial charge on any atom is 0.0897 e. The second kappa shape index (κ2) is 9.09. The van der Waals surface area contributed by atoms with Crippen LogP contribution in [0.3, 0.4) is 0 Å². The molecule has 3 unspecified atom stereocenters. The molecular formula is C17H34N2O2. The molecule has 4 heteroatoms. The smallest absolute Gasteiger partial charge is 0.0897 e. The summed E-state index contributed by atoms with van der Waals surface area (Å²) in [7, 11) is 2.19. The van der Waals surface area contributed by atoms with Crippen LogP contribution in [-0.2, 0) is 4.74 Å². The van der Waals surface area contributed by atoms with Crippen LogP contribution in [0, 0.1) is 11.8 Å². The molecule has 1 aliphatic carbocycles. The van der Waals surface area contributed by atoms with Gasteiger partial charge in [0.25, 0.3) is 0 Å². The van der Waals surface area contributed by atoms with Crippen LogP contribution >= 0.6 is 0 Å². The molecule has 1 aliphatic heterocycles. The fraction of sp³-hybridized carbons (Fsp3) is 1.00. The number of likely N-dealkylation sites (tertiary alicyclic amines) is 1. The lowest BCUT2D eigenvalue weighted by Crippen LogP contribution is -2.39. The van der Waals surface area contributed by atoms with E-state index in [-0.39, 0.29) is 6.10 Å².